The number of fused-ring (bicyclic) bond motifs is 3. The molecule has 0 amide bonds. The van der Waals surface area contributed by atoms with Crippen molar-refractivity contribution < 1.29 is 23.8 Å². The predicted octanol–water partition coefficient (Wildman–Crippen LogP) is 3.65. The summed E-state index contributed by atoms with van der Waals surface area (Å²) >= 11 is 6.13. The van der Waals surface area contributed by atoms with E-state index in [1.807, 2.05) is 0 Å². The molecule has 0 saturated carbocycles. The van der Waals surface area contributed by atoms with Crippen LogP contribution in [-0.2, 0) is 6.18 Å². The summed E-state index contributed by atoms with van der Waals surface area (Å²) in [6.07, 6.45) is -4.44. The number of aliphatic imine (C=N–C) groups is 1. The van der Waals surface area contributed by atoms with E-state index in [2.05, 4.69) is 10.5 Å². The van der Waals surface area contributed by atoms with Crippen molar-refractivity contribution >= 4 is 33.8 Å². The molecule has 2 aromatic carbocycles. The molecule has 135 valence electrons. The largest absolute Gasteiger partial charge is 0.492 e. The van der Waals surface area contributed by atoms with Gasteiger partial charge < -0.3 is 10.6 Å². The predicted molar refractivity (Wildman–Crippen MR) is 91.2 cm³/mol. The number of rotatable bonds is 1. The molecule has 0 aromatic heterocycles. The Morgan fingerprint density at radius 2 is 1.62 bits per heavy atom. The summed E-state index contributed by atoms with van der Waals surface area (Å²) in [6.45, 7) is 0. The lowest BCUT2D eigenvalue weighted by Crippen LogP contribution is -2.36. The number of aliphatic hydroxyl groups excluding tert-OH is 1. The monoisotopic (exact) mass is 383 g/mol. The van der Waals surface area contributed by atoms with Crippen LogP contribution >= 0.6 is 11.6 Å². The van der Waals surface area contributed by atoms with E-state index in [1.54, 1.807) is 24.3 Å². The number of halogens is 4. The number of hydrogen-bond donors (Lipinski definition) is 1. The second-order valence-corrected chi connectivity index (χ2v) is 5.68. The number of alkyl halides is 3. The Balaban J connectivity index is 0.00000196. The standard InChI is InChI=1S/C16H9ClF3N4O.H2O/c17-14-13-15(25)23(10-7-5-9(6-8-10)16(18,19)20)22-24(13)12-4-2-1-3-11(12)21-14;/h1-8,25H;1H2. The molecule has 2 aliphatic heterocycles. The summed E-state index contributed by atoms with van der Waals surface area (Å²) in [5.41, 5.74) is 5.05. The van der Waals surface area contributed by atoms with E-state index in [-0.39, 0.29) is 27.9 Å². The molecule has 26 heavy (non-hydrogen) atoms. The van der Waals surface area contributed by atoms with E-state index in [0.717, 1.165) is 17.1 Å². The highest BCUT2D eigenvalue weighted by molar-refractivity contribution is 6.70. The molecule has 0 spiro atoms. The molecule has 0 fully saturated rings. The van der Waals surface area contributed by atoms with Crippen LogP contribution in [0.25, 0.3) is 0 Å². The van der Waals surface area contributed by atoms with Crippen LogP contribution in [0.15, 0.2) is 65.1 Å². The Hall–Kier alpha value is -2.75. The first-order chi connectivity index (χ1) is 11.9. The first-order valence-electron chi connectivity index (χ1n) is 7.12. The summed E-state index contributed by atoms with van der Waals surface area (Å²) in [7, 11) is 0. The molecule has 0 saturated heterocycles. The van der Waals surface area contributed by atoms with Crippen molar-refractivity contribution in [3.05, 3.63) is 65.7 Å². The lowest BCUT2D eigenvalue weighted by atomic mass is 10.2. The van der Waals surface area contributed by atoms with Crippen molar-refractivity contribution in [2.75, 3.05) is 10.0 Å². The van der Waals surface area contributed by atoms with E-state index in [4.69, 9.17) is 11.6 Å². The van der Waals surface area contributed by atoms with Crippen molar-refractivity contribution in [1.29, 1.82) is 0 Å². The van der Waals surface area contributed by atoms with Crippen molar-refractivity contribution in [2.45, 2.75) is 6.18 Å². The topological polar surface area (TPSA) is 84.7 Å². The molecule has 0 atom stereocenters. The van der Waals surface area contributed by atoms with Gasteiger partial charge in [0.15, 0.2) is 10.9 Å². The zero-order valence-electron chi connectivity index (χ0n) is 12.9. The second kappa shape index (κ2) is 6.20. The van der Waals surface area contributed by atoms with E-state index in [1.165, 1.54) is 17.1 Å². The number of anilines is 2. The van der Waals surface area contributed by atoms with Gasteiger partial charge in [0.1, 0.15) is 0 Å². The van der Waals surface area contributed by atoms with Gasteiger partial charge in [-0.1, -0.05) is 23.7 Å². The molecular formula is C16H11ClF3N4O2. The third kappa shape index (κ3) is 2.75. The Morgan fingerprint density at radius 3 is 2.27 bits per heavy atom. The van der Waals surface area contributed by atoms with Crippen LogP contribution in [0.4, 0.5) is 30.2 Å². The Labute approximate surface area is 150 Å². The average molecular weight is 384 g/mol. The van der Waals surface area contributed by atoms with Gasteiger partial charge in [-0.2, -0.15) is 13.2 Å². The van der Waals surface area contributed by atoms with Crippen molar-refractivity contribution in [3.8, 4) is 0 Å². The van der Waals surface area contributed by atoms with Gasteiger partial charge in [0, 0.05) is 0 Å². The van der Waals surface area contributed by atoms with Gasteiger partial charge in [0.05, 0.1) is 22.6 Å². The fourth-order valence-electron chi connectivity index (χ4n) is 2.58. The number of nitrogens with zero attached hydrogens (tertiary/aromatic N) is 4. The Morgan fingerprint density at radius 1 is 0.962 bits per heavy atom. The van der Waals surface area contributed by atoms with Gasteiger partial charge >= 0.3 is 6.18 Å². The molecular weight excluding hydrogens is 373 g/mol. The maximum absolute atomic E-state index is 12.7. The summed E-state index contributed by atoms with van der Waals surface area (Å²) in [5.74, 6) is -0.317. The minimum Gasteiger partial charge on any atom is -0.492 e. The van der Waals surface area contributed by atoms with E-state index >= 15 is 0 Å². The highest BCUT2D eigenvalue weighted by Gasteiger charge is 2.39. The number of aliphatic hydroxyl groups is 1. The zero-order chi connectivity index (χ0) is 17.8. The normalized spacial score (nSPS) is 16.1. The van der Waals surface area contributed by atoms with Gasteiger partial charge in [-0.05, 0) is 41.9 Å². The molecule has 2 aromatic rings. The molecule has 2 heterocycles. The van der Waals surface area contributed by atoms with E-state index in [0.29, 0.717) is 11.4 Å². The maximum Gasteiger partial charge on any atom is 0.416 e. The first-order valence-corrected chi connectivity index (χ1v) is 7.50. The van der Waals surface area contributed by atoms with E-state index in [9.17, 15) is 18.3 Å². The van der Waals surface area contributed by atoms with Crippen LogP contribution in [0.3, 0.4) is 0 Å². The summed E-state index contributed by atoms with van der Waals surface area (Å²) in [4.78, 5) is 4.20. The summed E-state index contributed by atoms with van der Waals surface area (Å²) < 4.78 is 38.1. The molecule has 2 aliphatic rings. The smallest absolute Gasteiger partial charge is 0.416 e. The molecule has 0 aliphatic carbocycles. The highest BCUT2D eigenvalue weighted by Crippen LogP contribution is 2.41. The van der Waals surface area contributed by atoms with Crippen LogP contribution in [-0.4, -0.2) is 15.8 Å². The SMILES string of the molecule is O.OC1=C2C(Cl)=Nc3ccccc3N2[N]N1c1ccc(C(F)(F)F)cc1. The molecule has 4 rings (SSSR count). The maximum atomic E-state index is 12.7. The Bertz CT molecular complexity index is 912. The van der Waals surface area contributed by atoms with Crippen LogP contribution in [0.1, 0.15) is 5.56 Å². The van der Waals surface area contributed by atoms with Crippen molar-refractivity contribution in [1.82, 2.24) is 5.53 Å². The molecule has 3 N–H and O–H groups in total. The Kier molecular flexibility index (Phi) is 4.31. The minimum absolute atomic E-state index is 0. The van der Waals surface area contributed by atoms with Gasteiger partial charge in [0.25, 0.3) is 0 Å². The lowest BCUT2D eigenvalue weighted by Gasteiger charge is -2.24. The number of hydrogen-bond acceptors (Lipinski definition) is 4. The van der Waals surface area contributed by atoms with E-state index < -0.39 is 11.7 Å². The summed E-state index contributed by atoms with van der Waals surface area (Å²) in [5, 5.41) is 13.0. The van der Waals surface area contributed by atoms with Gasteiger partial charge in [0.2, 0.25) is 5.88 Å². The number of allylic oxidation sites excluding steroid dienone is 1. The van der Waals surface area contributed by atoms with Crippen LogP contribution in [0, 0.1) is 0 Å². The minimum atomic E-state index is -4.44. The third-order valence-corrected chi connectivity index (χ3v) is 4.03. The third-order valence-electron chi connectivity index (χ3n) is 3.77. The van der Waals surface area contributed by atoms with Gasteiger partial charge in [-0.15, -0.1) is 0 Å². The van der Waals surface area contributed by atoms with Crippen LogP contribution < -0.4 is 15.6 Å². The second-order valence-electron chi connectivity index (χ2n) is 5.32. The molecule has 6 nitrogen and oxygen atoms in total. The lowest BCUT2D eigenvalue weighted by molar-refractivity contribution is -0.137. The summed E-state index contributed by atoms with van der Waals surface area (Å²) in [6, 6.07) is 11.3. The number of benzene rings is 2. The van der Waals surface area contributed by atoms with Crippen molar-refractivity contribution in [2.24, 2.45) is 4.99 Å². The fraction of sp³-hybridized carbons (Fsp3) is 0.0625. The van der Waals surface area contributed by atoms with Crippen LogP contribution in [0.2, 0.25) is 0 Å². The molecule has 0 unspecified atom stereocenters. The zero-order valence-corrected chi connectivity index (χ0v) is 13.6. The molecule has 10 heteroatoms. The quantitative estimate of drug-likeness (QED) is 0.815. The van der Waals surface area contributed by atoms with Crippen LogP contribution in [0.5, 0.6) is 0 Å². The number of para-hydroxylation sites is 2. The van der Waals surface area contributed by atoms with Gasteiger partial charge in [-0.25, -0.2) is 15.0 Å². The highest BCUT2D eigenvalue weighted by atomic mass is 35.5. The van der Waals surface area contributed by atoms with Gasteiger partial charge in [-0.3, -0.25) is 0 Å². The first kappa shape index (κ1) is 18.1. The molecule has 0 bridgehead atoms. The fourth-order valence-corrected chi connectivity index (χ4v) is 2.84. The van der Waals surface area contributed by atoms with Crippen molar-refractivity contribution in [3.63, 3.8) is 0 Å². The molecule has 1 radical (unpaired) electrons. The average Bonchev–Trinajstić information content (AvgIpc) is 2.93.